The van der Waals surface area contributed by atoms with Crippen LogP contribution in [0.4, 0.5) is 17.6 Å². The zero-order chi connectivity index (χ0) is 10.2. The van der Waals surface area contributed by atoms with Gasteiger partial charge in [-0.2, -0.15) is 8.78 Å². The quantitative estimate of drug-likeness (QED) is 0.635. The van der Waals surface area contributed by atoms with Gasteiger partial charge in [0.25, 0.3) is 5.91 Å². The second-order valence-electron chi connectivity index (χ2n) is 2.90. The van der Waals surface area contributed by atoms with Crippen molar-refractivity contribution in [1.29, 1.82) is 0 Å². The average molecular weight is 200 g/mol. The van der Waals surface area contributed by atoms with Crippen LogP contribution in [-0.4, -0.2) is 30.3 Å². The molecule has 1 fully saturated rings. The molecule has 2 unspecified atom stereocenters. The van der Waals surface area contributed by atoms with Gasteiger partial charge in [-0.3, -0.25) is 4.79 Å². The Balaban J connectivity index is 2.46. The van der Waals surface area contributed by atoms with Gasteiger partial charge in [0.05, 0.1) is 0 Å². The summed E-state index contributed by atoms with van der Waals surface area (Å²) < 4.78 is 47.7. The van der Waals surface area contributed by atoms with Crippen molar-refractivity contribution in [2.45, 2.75) is 30.9 Å². The van der Waals surface area contributed by atoms with E-state index in [-0.39, 0.29) is 0 Å². The molecule has 1 aliphatic rings. The third kappa shape index (κ3) is 2.09. The van der Waals surface area contributed by atoms with Gasteiger partial charge in [0.15, 0.2) is 0 Å². The predicted molar refractivity (Wildman–Crippen MR) is 35.5 cm³/mol. The minimum Gasteiger partial charge on any atom is -0.346 e. The van der Waals surface area contributed by atoms with E-state index >= 15 is 0 Å². The molecule has 13 heavy (non-hydrogen) atoms. The molecule has 0 heterocycles. The topological polar surface area (TPSA) is 55.1 Å². The predicted octanol–water partition coefficient (Wildman–Crippen LogP) is 0.103. The number of nitrogens with two attached hydrogens (primary N) is 1. The summed E-state index contributed by atoms with van der Waals surface area (Å²) in [6, 6.07) is -0.977. The van der Waals surface area contributed by atoms with Crippen molar-refractivity contribution < 1.29 is 22.4 Å². The highest BCUT2D eigenvalue weighted by molar-refractivity contribution is 5.84. The summed E-state index contributed by atoms with van der Waals surface area (Å²) in [7, 11) is 0. The van der Waals surface area contributed by atoms with Crippen LogP contribution in [0.25, 0.3) is 0 Å². The summed E-state index contributed by atoms with van der Waals surface area (Å²) >= 11 is 0. The molecule has 3 nitrogen and oxygen atoms in total. The van der Waals surface area contributed by atoms with Crippen LogP contribution in [0.15, 0.2) is 0 Å². The van der Waals surface area contributed by atoms with Crippen LogP contribution in [-0.2, 0) is 4.79 Å². The first-order valence-corrected chi connectivity index (χ1v) is 3.58. The second kappa shape index (κ2) is 3.13. The molecule has 0 bridgehead atoms. The summed E-state index contributed by atoms with van der Waals surface area (Å²) in [6.07, 6.45) is -3.63. The van der Waals surface area contributed by atoms with Gasteiger partial charge in [0.1, 0.15) is 0 Å². The molecule has 7 heteroatoms. The van der Waals surface area contributed by atoms with E-state index in [1.54, 1.807) is 5.32 Å². The molecule has 1 rings (SSSR count). The minimum absolute atomic E-state index is 0.352. The fraction of sp³-hybridized carbons (Fsp3) is 0.833. The van der Waals surface area contributed by atoms with Crippen molar-refractivity contribution in [3.05, 3.63) is 0 Å². The van der Waals surface area contributed by atoms with E-state index < -0.39 is 30.3 Å². The van der Waals surface area contributed by atoms with Crippen molar-refractivity contribution >= 4 is 5.91 Å². The van der Waals surface area contributed by atoms with E-state index in [0.29, 0.717) is 6.42 Å². The maximum Gasteiger partial charge on any atom is 0.383 e. The maximum atomic E-state index is 12.3. The van der Waals surface area contributed by atoms with Crippen LogP contribution in [0, 0.1) is 0 Å². The lowest BCUT2D eigenvalue weighted by molar-refractivity contribution is -0.169. The number of halogens is 4. The van der Waals surface area contributed by atoms with E-state index in [2.05, 4.69) is 0 Å². The van der Waals surface area contributed by atoms with Crippen molar-refractivity contribution in [3.63, 3.8) is 0 Å². The molecule has 0 saturated heterocycles. The van der Waals surface area contributed by atoms with Crippen LogP contribution in [0.3, 0.4) is 0 Å². The van der Waals surface area contributed by atoms with Gasteiger partial charge in [-0.15, -0.1) is 0 Å². The van der Waals surface area contributed by atoms with Crippen molar-refractivity contribution in [3.8, 4) is 0 Å². The van der Waals surface area contributed by atoms with Gasteiger partial charge in [-0.05, 0) is 6.42 Å². The zero-order valence-electron chi connectivity index (χ0n) is 6.44. The fourth-order valence-electron chi connectivity index (χ4n) is 0.744. The van der Waals surface area contributed by atoms with E-state index in [1.807, 2.05) is 0 Å². The molecule has 0 aromatic heterocycles. The van der Waals surface area contributed by atoms with E-state index in [0.717, 1.165) is 0 Å². The summed E-state index contributed by atoms with van der Waals surface area (Å²) in [5, 5.41) is 1.73. The molecule has 1 saturated carbocycles. The lowest BCUT2D eigenvalue weighted by Gasteiger charge is -2.14. The molecule has 0 aromatic carbocycles. The fourth-order valence-corrected chi connectivity index (χ4v) is 0.744. The van der Waals surface area contributed by atoms with Crippen LogP contribution < -0.4 is 11.1 Å². The smallest absolute Gasteiger partial charge is 0.346 e. The van der Waals surface area contributed by atoms with Crippen LogP contribution in [0.1, 0.15) is 6.42 Å². The molecule has 0 spiro atoms. The number of carbonyl (C=O) groups is 1. The normalized spacial score (nSPS) is 27.5. The van der Waals surface area contributed by atoms with Gasteiger partial charge in [0.2, 0.25) is 0 Å². The SMILES string of the molecule is NC1CC1NC(=O)C(F)(F)C(F)F. The Hall–Kier alpha value is -0.850. The Bertz CT molecular complexity index is 221. The molecule has 1 aliphatic carbocycles. The number of hydrogen-bond acceptors (Lipinski definition) is 2. The summed E-state index contributed by atoms with van der Waals surface area (Å²) in [4.78, 5) is 10.5. The number of hydrogen-bond donors (Lipinski definition) is 2. The van der Waals surface area contributed by atoms with Gasteiger partial charge >= 0.3 is 12.3 Å². The standard InChI is InChI=1S/C6H8F4N2O/c7-4(8)6(9,10)5(13)12-3-1-2(3)11/h2-4H,1,11H2,(H,12,13). The molecule has 3 N–H and O–H groups in total. The molecule has 76 valence electrons. The Morgan fingerprint density at radius 2 is 2.00 bits per heavy atom. The maximum absolute atomic E-state index is 12.3. The van der Waals surface area contributed by atoms with Crippen molar-refractivity contribution in [1.82, 2.24) is 5.32 Å². The lowest BCUT2D eigenvalue weighted by atomic mass is 10.3. The molecule has 0 aliphatic heterocycles. The molecular formula is C6H8F4N2O. The third-order valence-corrected chi connectivity index (χ3v) is 1.73. The Kier molecular flexibility index (Phi) is 2.47. The van der Waals surface area contributed by atoms with Crippen LogP contribution in [0.2, 0.25) is 0 Å². The molecule has 0 radical (unpaired) electrons. The number of amides is 1. The van der Waals surface area contributed by atoms with Gasteiger partial charge in [0, 0.05) is 12.1 Å². The van der Waals surface area contributed by atoms with E-state index in [4.69, 9.17) is 5.73 Å². The number of carbonyl (C=O) groups excluding carboxylic acids is 1. The van der Waals surface area contributed by atoms with E-state index in [1.165, 1.54) is 0 Å². The highest BCUT2D eigenvalue weighted by Gasteiger charge is 2.51. The number of alkyl halides is 4. The second-order valence-corrected chi connectivity index (χ2v) is 2.90. The van der Waals surface area contributed by atoms with E-state index in [9.17, 15) is 22.4 Å². The minimum atomic E-state index is -4.62. The highest BCUT2D eigenvalue weighted by Crippen LogP contribution is 2.25. The van der Waals surface area contributed by atoms with Gasteiger partial charge in [-0.25, -0.2) is 8.78 Å². The first-order chi connectivity index (χ1) is 5.85. The summed E-state index contributed by atoms with van der Waals surface area (Å²) in [5.41, 5.74) is 5.19. The largest absolute Gasteiger partial charge is 0.383 e. The third-order valence-electron chi connectivity index (χ3n) is 1.73. The molecule has 2 atom stereocenters. The summed E-state index contributed by atoms with van der Waals surface area (Å²) in [5.74, 6) is -6.58. The van der Waals surface area contributed by atoms with Gasteiger partial charge in [-0.1, -0.05) is 0 Å². The van der Waals surface area contributed by atoms with Crippen LogP contribution in [0.5, 0.6) is 0 Å². The average Bonchev–Trinajstić information content (AvgIpc) is 2.65. The Morgan fingerprint density at radius 3 is 2.31 bits per heavy atom. The molecular weight excluding hydrogens is 192 g/mol. The molecule has 0 aromatic rings. The zero-order valence-corrected chi connectivity index (χ0v) is 6.44. The number of rotatable bonds is 3. The Morgan fingerprint density at radius 1 is 1.54 bits per heavy atom. The van der Waals surface area contributed by atoms with Gasteiger partial charge < -0.3 is 11.1 Å². The Labute approximate surface area is 71.3 Å². The van der Waals surface area contributed by atoms with Crippen molar-refractivity contribution in [2.75, 3.05) is 0 Å². The highest BCUT2D eigenvalue weighted by atomic mass is 19.3. The monoisotopic (exact) mass is 200 g/mol. The first-order valence-electron chi connectivity index (χ1n) is 3.58. The van der Waals surface area contributed by atoms with Crippen LogP contribution >= 0.6 is 0 Å². The van der Waals surface area contributed by atoms with Crippen molar-refractivity contribution in [2.24, 2.45) is 5.73 Å². The first kappa shape index (κ1) is 10.2. The molecule has 1 amide bonds. The summed E-state index contributed by atoms with van der Waals surface area (Å²) in [6.45, 7) is 0. The lowest BCUT2D eigenvalue weighted by Crippen LogP contribution is -2.46. The number of nitrogens with one attached hydrogen (secondary N) is 1.